The first kappa shape index (κ1) is 10.4. The summed E-state index contributed by atoms with van der Waals surface area (Å²) < 4.78 is 0. The van der Waals surface area contributed by atoms with Crippen molar-refractivity contribution in [2.24, 2.45) is 5.73 Å². The van der Waals surface area contributed by atoms with E-state index in [4.69, 9.17) is 5.73 Å². The molecule has 1 aromatic heterocycles. The second-order valence-corrected chi connectivity index (χ2v) is 2.99. The van der Waals surface area contributed by atoms with Crippen molar-refractivity contribution < 1.29 is 4.92 Å². The molecule has 1 rings (SSSR count). The molecule has 0 atom stereocenters. The molecule has 0 fully saturated rings. The normalized spacial score (nSPS) is 9.93. The molecular formula is C8H12N4O2. The molecule has 0 saturated heterocycles. The number of hydrogen-bond donors (Lipinski definition) is 1. The summed E-state index contributed by atoms with van der Waals surface area (Å²) in [5, 5.41) is 10.6. The van der Waals surface area contributed by atoms with Gasteiger partial charge in [0.05, 0.1) is 4.92 Å². The predicted molar refractivity (Wildman–Crippen MR) is 53.1 cm³/mol. The number of anilines is 1. The van der Waals surface area contributed by atoms with Gasteiger partial charge in [0.15, 0.2) is 0 Å². The highest BCUT2D eigenvalue weighted by atomic mass is 16.6. The van der Waals surface area contributed by atoms with Crippen LogP contribution in [0, 0.1) is 10.1 Å². The fraction of sp³-hybridized carbons (Fsp3) is 0.375. The van der Waals surface area contributed by atoms with Crippen LogP contribution in [0.3, 0.4) is 0 Å². The SMILES string of the molecule is CN(C)c1ccc([N+](=O)[O-])c(CN)n1. The molecule has 0 aliphatic carbocycles. The van der Waals surface area contributed by atoms with Gasteiger partial charge in [-0.15, -0.1) is 0 Å². The van der Waals surface area contributed by atoms with Crippen molar-refractivity contribution in [3.8, 4) is 0 Å². The van der Waals surface area contributed by atoms with E-state index in [9.17, 15) is 10.1 Å². The van der Waals surface area contributed by atoms with Crippen LogP contribution >= 0.6 is 0 Å². The fourth-order valence-corrected chi connectivity index (χ4v) is 1.05. The van der Waals surface area contributed by atoms with Gasteiger partial charge in [0.2, 0.25) is 0 Å². The number of aromatic nitrogens is 1. The Labute approximate surface area is 81.5 Å². The summed E-state index contributed by atoms with van der Waals surface area (Å²) in [6, 6.07) is 3.02. The lowest BCUT2D eigenvalue weighted by Gasteiger charge is -2.11. The highest BCUT2D eigenvalue weighted by Gasteiger charge is 2.14. The van der Waals surface area contributed by atoms with Crippen molar-refractivity contribution in [2.45, 2.75) is 6.54 Å². The first-order chi connectivity index (χ1) is 6.56. The van der Waals surface area contributed by atoms with Gasteiger partial charge < -0.3 is 10.6 Å². The summed E-state index contributed by atoms with van der Waals surface area (Å²) in [5.74, 6) is 0.663. The molecule has 0 amide bonds. The van der Waals surface area contributed by atoms with Crippen molar-refractivity contribution in [2.75, 3.05) is 19.0 Å². The van der Waals surface area contributed by atoms with E-state index in [1.165, 1.54) is 6.07 Å². The van der Waals surface area contributed by atoms with Crippen LogP contribution in [0.2, 0.25) is 0 Å². The summed E-state index contributed by atoms with van der Waals surface area (Å²) in [5.41, 5.74) is 5.65. The Hall–Kier alpha value is -1.69. The maximum absolute atomic E-state index is 10.6. The Morgan fingerprint density at radius 1 is 1.57 bits per heavy atom. The summed E-state index contributed by atoms with van der Waals surface area (Å²) >= 11 is 0. The minimum atomic E-state index is -0.478. The quantitative estimate of drug-likeness (QED) is 0.562. The number of nitrogens with zero attached hydrogens (tertiary/aromatic N) is 3. The predicted octanol–water partition coefficient (Wildman–Crippen LogP) is 0.515. The largest absolute Gasteiger partial charge is 0.363 e. The molecule has 76 valence electrons. The van der Waals surface area contributed by atoms with Crippen molar-refractivity contribution in [3.63, 3.8) is 0 Å². The van der Waals surface area contributed by atoms with Gasteiger partial charge in [0, 0.05) is 26.7 Å². The third-order valence-electron chi connectivity index (χ3n) is 1.78. The molecular weight excluding hydrogens is 184 g/mol. The summed E-state index contributed by atoms with van der Waals surface area (Å²) in [6.07, 6.45) is 0. The summed E-state index contributed by atoms with van der Waals surface area (Å²) in [7, 11) is 3.63. The van der Waals surface area contributed by atoms with E-state index in [0.29, 0.717) is 11.5 Å². The zero-order valence-corrected chi connectivity index (χ0v) is 8.10. The molecule has 0 bridgehead atoms. The fourth-order valence-electron chi connectivity index (χ4n) is 1.05. The number of pyridine rings is 1. The van der Waals surface area contributed by atoms with Crippen LogP contribution in [0.25, 0.3) is 0 Å². The average molecular weight is 196 g/mol. The number of rotatable bonds is 3. The van der Waals surface area contributed by atoms with E-state index in [1.54, 1.807) is 11.0 Å². The smallest absolute Gasteiger partial charge is 0.292 e. The zero-order chi connectivity index (χ0) is 10.7. The second kappa shape index (κ2) is 4.01. The molecule has 0 spiro atoms. The van der Waals surface area contributed by atoms with Crippen LogP contribution in [0.1, 0.15) is 5.69 Å². The van der Waals surface area contributed by atoms with Crippen molar-refractivity contribution in [1.29, 1.82) is 0 Å². The van der Waals surface area contributed by atoms with Crippen molar-refractivity contribution in [1.82, 2.24) is 4.98 Å². The molecule has 1 aromatic rings. The maximum Gasteiger partial charge on any atom is 0.292 e. The Balaban J connectivity index is 3.18. The van der Waals surface area contributed by atoms with Crippen LogP contribution in [0.15, 0.2) is 12.1 Å². The monoisotopic (exact) mass is 196 g/mol. The van der Waals surface area contributed by atoms with E-state index in [-0.39, 0.29) is 12.2 Å². The van der Waals surface area contributed by atoms with Gasteiger partial charge in [0.25, 0.3) is 5.69 Å². The number of nitro groups is 1. The Bertz CT molecular complexity index is 351. The van der Waals surface area contributed by atoms with E-state index < -0.39 is 4.92 Å². The first-order valence-corrected chi connectivity index (χ1v) is 4.08. The molecule has 1 heterocycles. The molecule has 0 unspecified atom stereocenters. The highest BCUT2D eigenvalue weighted by molar-refractivity contribution is 5.46. The van der Waals surface area contributed by atoms with Crippen LogP contribution in [0.4, 0.5) is 11.5 Å². The Morgan fingerprint density at radius 3 is 2.64 bits per heavy atom. The van der Waals surface area contributed by atoms with Gasteiger partial charge in [0.1, 0.15) is 11.5 Å². The van der Waals surface area contributed by atoms with Crippen molar-refractivity contribution in [3.05, 3.63) is 27.9 Å². The van der Waals surface area contributed by atoms with Crippen LogP contribution in [0.5, 0.6) is 0 Å². The van der Waals surface area contributed by atoms with Crippen LogP contribution < -0.4 is 10.6 Å². The van der Waals surface area contributed by atoms with E-state index in [0.717, 1.165) is 0 Å². The molecule has 6 heteroatoms. The lowest BCUT2D eigenvalue weighted by molar-refractivity contribution is -0.385. The molecule has 0 aromatic carbocycles. The summed E-state index contributed by atoms with van der Waals surface area (Å²) in [4.78, 5) is 15.9. The minimum Gasteiger partial charge on any atom is -0.363 e. The number of nitrogens with two attached hydrogens (primary N) is 1. The van der Waals surface area contributed by atoms with Gasteiger partial charge in [-0.05, 0) is 6.07 Å². The number of hydrogen-bond acceptors (Lipinski definition) is 5. The van der Waals surface area contributed by atoms with Gasteiger partial charge in [-0.3, -0.25) is 10.1 Å². The molecule has 0 radical (unpaired) electrons. The zero-order valence-electron chi connectivity index (χ0n) is 8.10. The van der Waals surface area contributed by atoms with E-state index in [2.05, 4.69) is 4.98 Å². The standard InChI is InChI=1S/C8H12N4O2/c1-11(2)8-4-3-7(12(13)14)6(5-9)10-8/h3-4H,5,9H2,1-2H3. The Kier molecular flexibility index (Phi) is 2.98. The molecule has 2 N–H and O–H groups in total. The third kappa shape index (κ3) is 1.97. The lowest BCUT2D eigenvalue weighted by atomic mass is 10.3. The minimum absolute atomic E-state index is 0.0295. The molecule has 0 saturated carbocycles. The first-order valence-electron chi connectivity index (χ1n) is 4.08. The van der Waals surface area contributed by atoms with Crippen LogP contribution in [-0.2, 0) is 6.54 Å². The van der Waals surface area contributed by atoms with Gasteiger partial charge in [-0.2, -0.15) is 0 Å². The van der Waals surface area contributed by atoms with Gasteiger partial charge in [-0.25, -0.2) is 4.98 Å². The highest BCUT2D eigenvalue weighted by Crippen LogP contribution is 2.19. The molecule has 0 aliphatic heterocycles. The average Bonchev–Trinajstić information content (AvgIpc) is 2.16. The maximum atomic E-state index is 10.6. The molecule has 14 heavy (non-hydrogen) atoms. The van der Waals surface area contributed by atoms with Gasteiger partial charge >= 0.3 is 0 Å². The van der Waals surface area contributed by atoms with Gasteiger partial charge in [-0.1, -0.05) is 0 Å². The lowest BCUT2D eigenvalue weighted by Crippen LogP contribution is -2.13. The molecule has 6 nitrogen and oxygen atoms in total. The summed E-state index contributed by atoms with van der Waals surface area (Å²) in [6.45, 7) is 0.0675. The second-order valence-electron chi connectivity index (χ2n) is 2.99. The molecule has 0 aliphatic rings. The third-order valence-corrected chi connectivity index (χ3v) is 1.78. The van der Waals surface area contributed by atoms with E-state index >= 15 is 0 Å². The van der Waals surface area contributed by atoms with Crippen LogP contribution in [-0.4, -0.2) is 24.0 Å². The van der Waals surface area contributed by atoms with E-state index in [1.807, 2.05) is 14.1 Å². The Morgan fingerprint density at radius 2 is 2.21 bits per heavy atom. The van der Waals surface area contributed by atoms with Crippen molar-refractivity contribution >= 4 is 11.5 Å². The topological polar surface area (TPSA) is 85.3 Å².